The molecule has 144 valence electrons. The fraction of sp³-hybridized carbons (Fsp3) is 0.235. The van der Waals surface area contributed by atoms with E-state index in [1.807, 2.05) is 0 Å². The number of hydrogen-bond donors (Lipinski definition) is 2. The first kappa shape index (κ1) is 20.7. The predicted molar refractivity (Wildman–Crippen MR) is 103 cm³/mol. The lowest BCUT2D eigenvalue weighted by Crippen LogP contribution is -2.30. The largest absolute Gasteiger partial charge is 0.378 e. The second kappa shape index (κ2) is 8.83. The molecule has 1 amide bonds. The van der Waals surface area contributed by atoms with Gasteiger partial charge in [0.2, 0.25) is 5.91 Å². The van der Waals surface area contributed by atoms with Gasteiger partial charge >= 0.3 is 0 Å². The molecule has 2 aromatic rings. The van der Waals surface area contributed by atoms with Crippen LogP contribution in [0.3, 0.4) is 0 Å². The standard InChI is InChI=1S/C17H18ClN3O5S/c1-27(25,26)13-6-7-15(16(11-13)21(23)24)19-8-9-20-17(22)10-12-4-2-3-5-14(12)18/h2-7,11,19H,8-10H2,1H3,(H,20,22). The third-order valence-electron chi connectivity index (χ3n) is 3.67. The molecular weight excluding hydrogens is 394 g/mol. The average molecular weight is 412 g/mol. The van der Waals surface area contributed by atoms with E-state index in [0.29, 0.717) is 10.6 Å². The van der Waals surface area contributed by atoms with Gasteiger partial charge in [0.15, 0.2) is 9.84 Å². The molecule has 10 heteroatoms. The Morgan fingerprint density at radius 2 is 1.89 bits per heavy atom. The van der Waals surface area contributed by atoms with E-state index in [-0.39, 0.29) is 41.7 Å². The molecule has 2 rings (SSSR count). The van der Waals surface area contributed by atoms with Crippen LogP contribution in [0.2, 0.25) is 5.02 Å². The van der Waals surface area contributed by atoms with Crippen LogP contribution < -0.4 is 10.6 Å². The molecule has 0 saturated heterocycles. The van der Waals surface area contributed by atoms with Crippen LogP contribution in [0.25, 0.3) is 0 Å². The second-order valence-corrected chi connectivity index (χ2v) is 8.18. The Morgan fingerprint density at radius 1 is 1.19 bits per heavy atom. The number of carbonyl (C=O) groups excluding carboxylic acids is 1. The third kappa shape index (κ3) is 5.93. The van der Waals surface area contributed by atoms with Crippen molar-refractivity contribution in [1.82, 2.24) is 5.32 Å². The van der Waals surface area contributed by atoms with Crippen molar-refractivity contribution in [1.29, 1.82) is 0 Å². The number of hydrogen-bond acceptors (Lipinski definition) is 6. The summed E-state index contributed by atoms with van der Waals surface area (Å²) < 4.78 is 23.1. The maximum Gasteiger partial charge on any atom is 0.293 e. The summed E-state index contributed by atoms with van der Waals surface area (Å²) in [6.45, 7) is 0.460. The van der Waals surface area contributed by atoms with Crippen LogP contribution >= 0.6 is 11.6 Å². The van der Waals surface area contributed by atoms with E-state index in [2.05, 4.69) is 10.6 Å². The lowest BCUT2D eigenvalue weighted by Gasteiger charge is -2.10. The summed E-state index contributed by atoms with van der Waals surface area (Å²) in [7, 11) is -3.55. The smallest absolute Gasteiger partial charge is 0.293 e. The van der Waals surface area contributed by atoms with Crippen LogP contribution in [-0.2, 0) is 21.1 Å². The molecular formula is C17H18ClN3O5S. The number of nitrogens with zero attached hydrogens (tertiary/aromatic N) is 1. The predicted octanol–water partition coefficient (Wildman–Crippen LogP) is 2.42. The van der Waals surface area contributed by atoms with E-state index in [9.17, 15) is 23.3 Å². The quantitative estimate of drug-likeness (QED) is 0.391. The molecule has 2 N–H and O–H groups in total. The van der Waals surface area contributed by atoms with E-state index >= 15 is 0 Å². The van der Waals surface area contributed by atoms with Crippen molar-refractivity contribution < 1.29 is 18.1 Å². The van der Waals surface area contributed by atoms with E-state index < -0.39 is 14.8 Å². The average Bonchev–Trinajstić information content (AvgIpc) is 2.59. The zero-order valence-electron chi connectivity index (χ0n) is 14.4. The summed E-state index contributed by atoms with van der Waals surface area (Å²) in [5.41, 5.74) is 0.532. The van der Waals surface area contributed by atoms with Crippen LogP contribution in [0.5, 0.6) is 0 Å². The maximum absolute atomic E-state index is 11.9. The number of rotatable bonds is 8. The molecule has 0 bridgehead atoms. The summed E-state index contributed by atoms with van der Waals surface area (Å²) in [4.78, 5) is 22.3. The van der Waals surface area contributed by atoms with Crippen LogP contribution in [0.4, 0.5) is 11.4 Å². The summed E-state index contributed by atoms with van der Waals surface area (Å²) in [5, 5.41) is 17.2. The highest BCUT2D eigenvalue weighted by Gasteiger charge is 2.18. The minimum atomic E-state index is -3.55. The van der Waals surface area contributed by atoms with Crippen molar-refractivity contribution in [3.63, 3.8) is 0 Å². The summed E-state index contributed by atoms with van der Waals surface area (Å²) in [6.07, 6.45) is 1.11. The van der Waals surface area contributed by atoms with Crippen molar-refractivity contribution in [2.24, 2.45) is 0 Å². The van der Waals surface area contributed by atoms with Gasteiger partial charge in [-0.2, -0.15) is 0 Å². The molecule has 0 aromatic heterocycles. The van der Waals surface area contributed by atoms with Gasteiger partial charge in [-0.1, -0.05) is 29.8 Å². The lowest BCUT2D eigenvalue weighted by atomic mass is 10.1. The first-order valence-electron chi connectivity index (χ1n) is 7.91. The monoisotopic (exact) mass is 411 g/mol. The zero-order valence-corrected chi connectivity index (χ0v) is 16.0. The van der Waals surface area contributed by atoms with Crippen LogP contribution in [0.1, 0.15) is 5.56 Å². The van der Waals surface area contributed by atoms with Crippen LogP contribution in [0.15, 0.2) is 47.4 Å². The second-order valence-electron chi connectivity index (χ2n) is 5.75. The van der Waals surface area contributed by atoms with Gasteiger partial charge in [0, 0.05) is 30.4 Å². The Kier molecular flexibility index (Phi) is 6.75. The fourth-order valence-corrected chi connectivity index (χ4v) is 3.16. The number of nitro benzene ring substituents is 1. The molecule has 0 radical (unpaired) electrons. The number of halogens is 1. The normalized spacial score (nSPS) is 11.0. The fourth-order valence-electron chi connectivity index (χ4n) is 2.32. The minimum absolute atomic E-state index is 0.128. The van der Waals surface area contributed by atoms with Gasteiger partial charge in [0.05, 0.1) is 16.2 Å². The van der Waals surface area contributed by atoms with E-state index in [1.165, 1.54) is 12.1 Å². The number of amides is 1. The van der Waals surface area contributed by atoms with Gasteiger partial charge < -0.3 is 10.6 Å². The van der Waals surface area contributed by atoms with Crippen molar-refractivity contribution >= 4 is 38.7 Å². The van der Waals surface area contributed by atoms with Crippen molar-refractivity contribution in [3.8, 4) is 0 Å². The van der Waals surface area contributed by atoms with Crippen molar-refractivity contribution in [2.75, 3.05) is 24.7 Å². The van der Waals surface area contributed by atoms with Gasteiger partial charge in [-0.15, -0.1) is 0 Å². The zero-order chi connectivity index (χ0) is 20.0. The Morgan fingerprint density at radius 3 is 2.52 bits per heavy atom. The Hall–Kier alpha value is -2.65. The third-order valence-corrected chi connectivity index (χ3v) is 5.14. The van der Waals surface area contributed by atoms with Crippen LogP contribution in [0, 0.1) is 10.1 Å². The minimum Gasteiger partial charge on any atom is -0.378 e. The summed E-state index contributed by atoms with van der Waals surface area (Å²) >= 11 is 6.00. The Labute approximate surface area is 161 Å². The molecule has 0 aliphatic carbocycles. The summed E-state index contributed by atoms with van der Waals surface area (Å²) in [5.74, 6) is -0.230. The highest BCUT2D eigenvalue weighted by Crippen LogP contribution is 2.27. The number of anilines is 1. The van der Waals surface area contributed by atoms with Crippen LogP contribution in [-0.4, -0.2) is 38.6 Å². The molecule has 27 heavy (non-hydrogen) atoms. The highest BCUT2D eigenvalue weighted by atomic mass is 35.5. The molecule has 0 aliphatic rings. The number of carbonyl (C=O) groups is 1. The van der Waals surface area contributed by atoms with Gasteiger partial charge in [0.25, 0.3) is 5.69 Å². The molecule has 0 unspecified atom stereocenters. The molecule has 0 aliphatic heterocycles. The number of nitrogens with one attached hydrogen (secondary N) is 2. The Balaban J connectivity index is 1.92. The van der Waals surface area contributed by atoms with E-state index in [0.717, 1.165) is 12.3 Å². The molecule has 0 atom stereocenters. The van der Waals surface area contributed by atoms with Gasteiger partial charge in [-0.05, 0) is 23.8 Å². The first-order valence-corrected chi connectivity index (χ1v) is 10.2. The Bertz CT molecular complexity index is 963. The van der Waals surface area contributed by atoms with Gasteiger partial charge in [-0.25, -0.2) is 8.42 Å². The SMILES string of the molecule is CS(=O)(=O)c1ccc(NCCNC(=O)Cc2ccccc2Cl)c([N+](=O)[O-])c1. The van der Waals surface area contributed by atoms with Gasteiger partial charge in [0.1, 0.15) is 5.69 Å². The number of nitro groups is 1. The van der Waals surface area contributed by atoms with Crippen molar-refractivity contribution in [3.05, 3.63) is 63.2 Å². The summed E-state index contributed by atoms with van der Waals surface area (Å²) in [6, 6.07) is 10.7. The van der Waals surface area contributed by atoms with Crippen molar-refractivity contribution in [2.45, 2.75) is 11.3 Å². The number of sulfone groups is 1. The molecule has 0 saturated carbocycles. The molecule has 0 heterocycles. The van der Waals surface area contributed by atoms with E-state index in [1.54, 1.807) is 24.3 Å². The highest BCUT2D eigenvalue weighted by molar-refractivity contribution is 7.90. The topological polar surface area (TPSA) is 118 Å². The molecule has 8 nitrogen and oxygen atoms in total. The van der Waals surface area contributed by atoms with Gasteiger partial charge in [-0.3, -0.25) is 14.9 Å². The lowest BCUT2D eigenvalue weighted by molar-refractivity contribution is -0.384. The number of benzene rings is 2. The molecule has 0 spiro atoms. The molecule has 0 fully saturated rings. The first-order chi connectivity index (χ1) is 12.7. The molecule has 2 aromatic carbocycles. The van der Waals surface area contributed by atoms with E-state index in [4.69, 9.17) is 11.6 Å². The maximum atomic E-state index is 11.9.